The first-order chi connectivity index (χ1) is 6.18. The molecule has 0 radical (unpaired) electrons. The monoisotopic (exact) mass is 181 g/mol. The van der Waals surface area contributed by atoms with Crippen LogP contribution in [0, 0.1) is 5.92 Å². The first-order valence-electron chi connectivity index (χ1n) is 4.41. The topological polar surface area (TPSA) is 46.9 Å². The lowest BCUT2D eigenvalue weighted by Crippen LogP contribution is -2.30. The Morgan fingerprint density at radius 1 is 1.62 bits per heavy atom. The Balaban J connectivity index is 2.26. The van der Waals surface area contributed by atoms with Crippen molar-refractivity contribution >= 4 is 5.91 Å². The second kappa shape index (κ2) is 4.64. The normalized spacial score (nSPS) is 10.4. The minimum atomic E-state index is 0.0340. The summed E-state index contributed by atoms with van der Waals surface area (Å²) in [7, 11) is 0. The Hall–Kier alpha value is -1.32. The number of hydrogen-bond donors (Lipinski definition) is 1. The molecule has 0 atom stereocenters. The molecule has 0 spiro atoms. The van der Waals surface area contributed by atoms with Crippen molar-refractivity contribution in [3.8, 4) is 0 Å². The highest BCUT2D eigenvalue weighted by Gasteiger charge is 2.01. The van der Waals surface area contributed by atoms with Crippen LogP contribution < -0.4 is 5.32 Å². The van der Waals surface area contributed by atoms with Gasteiger partial charge in [-0.1, -0.05) is 13.8 Å². The van der Waals surface area contributed by atoms with E-state index in [4.69, 9.17) is 0 Å². The summed E-state index contributed by atoms with van der Waals surface area (Å²) >= 11 is 0. The molecule has 0 aliphatic rings. The fraction of sp³-hybridized carbons (Fsp3) is 0.556. The van der Waals surface area contributed by atoms with E-state index in [-0.39, 0.29) is 5.91 Å². The van der Waals surface area contributed by atoms with Crippen molar-refractivity contribution in [3.05, 3.63) is 18.7 Å². The number of carbonyl (C=O) groups is 1. The van der Waals surface area contributed by atoms with Crippen molar-refractivity contribution in [1.82, 2.24) is 14.9 Å². The lowest BCUT2D eigenvalue weighted by Gasteiger charge is -2.07. The van der Waals surface area contributed by atoms with Gasteiger partial charge >= 0.3 is 0 Å². The van der Waals surface area contributed by atoms with Gasteiger partial charge < -0.3 is 9.88 Å². The van der Waals surface area contributed by atoms with Crippen molar-refractivity contribution in [3.63, 3.8) is 0 Å². The Morgan fingerprint density at radius 3 is 2.92 bits per heavy atom. The molecule has 1 heterocycles. The van der Waals surface area contributed by atoms with Crippen LogP contribution in [0.5, 0.6) is 0 Å². The van der Waals surface area contributed by atoms with E-state index >= 15 is 0 Å². The molecule has 1 aromatic rings. The van der Waals surface area contributed by atoms with Crippen LogP contribution in [0.4, 0.5) is 0 Å². The highest BCUT2D eigenvalue weighted by atomic mass is 16.1. The molecule has 0 unspecified atom stereocenters. The minimum absolute atomic E-state index is 0.0340. The quantitative estimate of drug-likeness (QED) is 0.741. The molecule has 1 rings (SSSR count). The smallest absolute Gasteiger partial charge is 0.239 e. The zero-order chi connectivity index (χ0) is 9.68. The van der Waals surface area contributed by atoms with Crippen molar-refractivity contribution in [2.24, 2.45) is 5.92 Å². The average Bonchev–Trinajstić information content (AvgIpc) is 2.53. The van der Waals surface area contributed by atoms with Gasteiger partial charge in [-0.25, -0.2) is 4.98 Å². The van der Waals surface area contributed by atoms with E-state index < -0.39 is 0 Å². The maximum Gasteiger partial charge on any atom is 0.239 e. The van der Waals surface area contributed by atoms with Crippen LogP contribution in [-0.2, 0) is 11.3 Å². The van der Waals surface area contributed by atoms with Gasteiger partial charge in [0, 0.05) is 18.9 Å². The van der Waals surface area contributed by atoms with E-state index in [1.807, 2.05) is 0 Å². The molecular weight excluding hydrogens is 166 g/mol. The Labute approximate surface area is 78.0 Å². The van der Waals surface area contributed by atoms with Crippen LogP contribution in [0.3, 0.4) is 0 Å². The molecule has 13 heavy (non-hydrogen) atoms. The van der Waals surface area contributed by atoms with Gasteiger partial charge in [0.25, 0.3) is 0 Å². The number of nitrogens with zero attached hydrogens (tertiary/aromatic N) is 2. The number of imidazole rings is 1. The third-order valence-electron chi connectivity index (χ3n) is 1.59. The Kier molecular flexibility index (Phi) is 3.49. The van der Waals surface area contributed by atoms with Crippen molar-refractivity contribution in [1.29, 1.82) is 0 Å². The predicted octanol–water partition coefficient (Wildman–Crippen LogP) is 0.655. The van der Waals surface area contributed by atoms with Gasteiger partial charge in [-0.15, -0.1) is 0 Å². The van der Waals surface area contributed by atoms with Gasteiger partial charge in [0.15, 0.2) is 0 Å². The van der Waals surface area contributed by atoms with Gasteiger partial charge in [-0.3, -0.25) is 4.79 Å². The number of aromatic nitrogens is 2. The Morgan fingerprint density at radius 2 is 2.38 bits per heavy atom. The summed E-state index contributed by atoms with van der Waals surface area (Å²) < 4.78 is 1.75. The number of rotatable bonds is 4. The molecule has 4 nitrogen and oxygen atoms in total. The lowest BCUT2D eigenvalue weighted by atomic mass is 10.2. The van der Waals surface area contributed by atoms with E-state index in [9.17, 15) is 4.79 Å². The SMILES string of the molecule is CC(C)CNC(=O)Cn1ccnc1. The zero-order valence-electron chi connectivity index (χ0n) is 8.03. The molecule has 0 bridgehead atoms. The van der Waals surface area contributed by atoms with Crippen molar-refractivity contribution < 1.29 is 4.79 Å². The molecule has 1 N–H and O–H groups in total. The first-order valence-corrected chi connectivity index (χ1v) is 4.41. The summed E-state index contributed by atoms with van der Waals surface area (Å²) in [6.45, 7) is 5.22. The first kappa shape index (κ1) is 9.77. The fourth-order valence-corrected chi connectivity index (χ4v) is 0.920. The van der Waals surface area contributed by atoms with Gasteiger partial charge in [0.1, 0.15) is 6.54 Å². The summed E-state index contributed by atoms with van der Waals surface area (Å²) in [6.07, 6.45) is 5.07. The van der Waals surface area contributed by atoms with E-state index in [0.717, 1.165) is 6.54 Å². The molecule has 4 heteroatoms. The van der Waals surface area contributed by atoms with E-state index in [1.165, 1.54) is 0 Å². The second-order valence-electron chi connectivity index (χ2n) is 3.43. The maximum absolute atomic E-state index is 11.3. The van der Waals surface area contributed by atoms with Crippen LogP contribution in [-0.4, -0.2) is 22.0 Å². The van der Waals surface area contributed by atoms with Gasteiger partial charge in [0.05, 0.1) is 6.33 Å². The van der Waals surface area contributed by atoms with Crippen LogP contribution in [0.2, 0.25) is 0 Å². The highest BCUT2D eigenvalue weighted by Crippen LogP contribution is 1.89. The number of carbonyl (C=O) groups excluding carboxylic acids is 1. The third kappa shape index (κ3) is 3.73. The van der Waals surface area contributed by atoms with E-state index in [0.29, 0.717) is 12.5 Å². The molecule has 0 fully saturated rings. The molecule has 72 valence electrons. The van der Waals surface area contributed by atoms with Crippen molar-refractivity contribution in [2.45, 2.75) is 20.4 Å². The highest BCUT2D eigenvalue weighted by molar-refractivity contribution is 5.75. The minimum Gasteiger partial charge on any atom is -0.354 e. The number of amides is 1. The zero-order valence-corrected chi connectivity index (χ0v) is 8.03. The summed E-state index contributed by atoms with van der Waals surface area (Å²) in [5.74, 6) is 0.526. The van der Waals surface area contributed by atoms with Gasteiger partial charge in [-0.2, -0.15) is 0 Å². The summed E-state index contributed by atoms with van der Waals surface area (Å²) in [6, 6.07) is 0. The average molecular weight is 181 g/mol. The molecule has 1 aromatic heterocycles. The molecule has 0 aliphatic heterocycles. The molecule has 0 saturated carbocycles. The molecule has 0 saturated heterocycles. The van der Waals surface area contributed by atoms with Crippen LogP contribution in [0.15, 0.2) is 18.7 Å². The maximum atomic E-state index is 11.3. The van der Waals surface area contributed by atoms with Crippen LogP contribution >= 0.6 is 0 Å². The third-order valence-corrected chi connectivity index (χ3v) is 1.59. The van der Waals surface area contributed by atoms with E-state index in [1.54, 1.807) is 23.3 Å². The Bertz CT molecular complexity index is 254. The number of hydrogen-bond acceptors (Lipinski definition) is 2. The molecular formula is C9H15N3O. The molecule has 1 amide bonds. The lowest BCUT2D eigenvalue weighted by molar-refractivity contribution is -0.121. The summed E-state index contributed by atoms with van der Waals surface area (Å²) in [4.78, 5) is 15.1. The van der Waals surface area contributed by atoms with Gasteiger partial charge in [-0.05, 0) is 5.92 Å². The van der Waals surface area contributed by atoms with Gasteiger partial charge in [0.2, 0.25) is 5.91 Å². The largest absolute Gasteiger partial charge is 0.354 e. The number of nitrogens with one attached hydrogen (secondary N) is 1. The fourth-order valence-electron chi connectivity index (χ4n) is 0.920. The summed E-state index contributed by atoms with van der Waals surface area (Å²) in [5.41, 5.74) is 0. The second-order valence-corrected chi connectivity index (χ2v) is 3.43. The summed E-state index contributed by atoms with van der Waals surface area (Å²) in [5, 5.41) is 2.83. The molecule has 0 aliphatic carbocycles. The van der Waals surface area contributed by atoms with Crippen LogP contribution in [0.25, 0.3) is 0 Å². The predicted molar refractivity (Wildman–Crippen MR) is 50.1 cm³/mol. The van der Waals surface area contributed by atoms with Crippen LogP contribution in [0.1, 0.15) is 13.8 Å². The van der Waals surface area contributed by atoms with Crippen molar-refractivity contribution in [2.75, 3.05) is 6.54 Å². The van der Waals surface area contributed by atoms with E-state index in [2.05, 4.69) is 24.1 Å². The standard InChI is InChI=1S/C9H15N3O/c1-8(2)5-11-9(13)6-12-4-3-10-7-12/h3-4,7-8H,5-6H2,1-2H3,(H,11,13). The molecule has 0 aromatic carbocycles.